The van der Waals surface area contributed by atoms with Gasteiger partial charge in [-0.1, -0.05) is 6.07 Å². The van der Waals surface area contributed by atoms with E-state index in [1.54, 1.807) is 30.3 Å². The molecule has 2 N–H and O–H groups in total. The third-order valence-electron chi connectivity index (χ3n) is 4.07. The first-order valence-electron chi connectivity index (χ1n) is 8.56. The number of methoxy groups -OCH3 is 1. The van der Waals surface area contributed by atoms with Crippen LogP contribution in [0.25, 0.3) is 6.08 Å². The second kappa shape index (κ2) is 8.62. The fourth-order valence-corrected chi connectivity index (χ4v) is 3.51. The molecule has 0 aromatic heterocycles. The first kappa shape index (κ1) is 20.8. The first-order chi connectivity index (χ1) is 13.8. The van der Waals surface area contributed by atoms with Crippen molar-refractivity contribution in [3.8, 4) is 17.2 Å². The van der Waals surface area contributed by atoms with Gasteiger partial charge in [-0.05, 0) is 71.0 Å². The number of ether oxygens (including phenoxy) is 2. The van der Waals surface area contributed by atoms with E-state index in [0.29, 0.717) is 28.1 Å². The molecule has 2 amide bonds. The van der Waals surface area contributed by atoms with Gasteiger partial charge in [-0.2, -0.15) is 0 Å². The van der Waals surface area contributed by atoms with Crippen LogP contribution in [0.4, 0.5) is 5.69 Å². The maximum atomic E-state index is 13.1. The van der Waals surface area contributed by atoms with Gasteiger partial charge in [0.15, 0.2) is 16.6 Å². The number of phenols is 1. The molecule has 3 rings (SSSR count). The van der Waals surface area contributed by atoms with Crippen molar-refractivity contribution in [2.75, 3.05) is 18.6 Å². The van der Waals surface area contributed by atoms with Gasteiger partial charge in [0.1, 0.15) is 11.3 Å². The third-order valence-corrected chi connectivity index (χ3v) is 4.96. The number of halogens is 1. The van der Waals surface area contributed by atoms with Crippen LogP contribution < -0.4 is 19.7 Å². The average Bonchev–Trinajstić information content (AvgIpc) is 2.68. The summed E-state index contributed by atoms with van der Waals surface area (Å²) in [6.45, 7) is 2.33. The van der Waals surface area contributed by atoms with Gasteiger partial charge in [-0.25, -0.2) is 0 Å². The van der Waals surface area contributed by atoms with Crippen LogP contribution in [0, 0.1) is 0 Å². The summed E-state index contributed by atoms with van der Waals surface area (Å²) >= 11 is 8.43. The number of benzene rings is 2. The van der Waals surface area contributed by atoms with Gasteiger partial charge < -0.3 is 14.6 Å². The predicted molar refractivity (Wildman–Crippen MR) is 116 cm³/mol. The number of amides is 2. The summed E-state index contributed by atoms with van der Waals surface area (Å²) in [5.74, 6) is -0.484. The van der Waals surface area contributed by atoms with Crippen LogP contribution in [0.2, 0.25) is 0 Å². The lowest BCUT2D eigenvalue weighted by molar-refractivity contribution is -0.122. The van der Waals surface area contributed by atoms with E-state index in [2.05, 4.69) is 21.2 Å². The Morgan fingerprint density at radius 3 is 2.72 bits per heavy atom. The van der Waals surface area contributed by atoms with Gasteiger partial charge in [0.2, 0.25) is 0 Å². The summed E-state index contributed by atoms with van der Waals surface area (Å²) in [6, 6.07) is 9.95. The van der Waals surface area contributed by atoms with Crippen molar-refractivity contribution in [3.63, 3.8) is 0 Å². The van der Waals surface area contributed by atoms with Crippen LogP contribution >= 0.6 is 28.1 Å². The lowest BCUT2D eigenvalue weighted by atomic mass is 10.1. The first-order valence-corrected chi connectivity index (χ1v) is 9.76. The zero-order valence-electron chi connectivity index (χ0n) is 15.6. The molecule has 0 bridgehead atoms. The van der Waals surface area contributed by atoms with E-state index >= 15 is 0 Å². The SMILES string of the molecule is CCOc1cccc(N2C(=O)/C(=C/c3cc(Br)c(O)c(OC)c3)C(=O)NC2=S)c1. The Morgan fingerprint density at radius 1 is 1.28 bits per heavy atom. The number of carbonyl (C=O) groups is 2. The Balaban J connectivity index is 2.02. The summed E-state index contributed by atoms with van der Waals surface area (Å²) in [4.78, 5) is 26.8. The Kier molecular flexibility index (Phi) is 6.19. The van der Waals surface area contributed by atoms with Gasteiger partial charge in [-0.15, -0.1) is 0 Å². The summed E-state index contributed by atoms with van der Waals surface area (Å²) < 4.78 is 11.0. The van der Waals surface area contributed by atoms with Gasteiger partial charge >= 0.3 is 0 Å². The van der Waals surface area contributed by atoms with E-state index in [9.17, 15) is 14.7 Å². The van der Waals surface area contributed by atoms with Crippen LogP contribution in [0.5, 0.6) is 17.2 Å². The molecular weight excluding hydrogens is 460 g/mol. The van der Waals surface area contributed by atoms with Gasteiger partial charge in [-0.3, -0.25) is 19.8 Å². The molecule has 2 aromatic rings. The molecular formula is C20H17BrN2O5S. The summed E-state index contributed by atoms with van der Waals surface area (Å²) in [5.41, 5.74) is 0.849. The number of rotatable bonds is 5. The minimum atomic E-state index is -0.611. The van der Waals surface area contributed by atoms with Crippen molar-refractivity contribution >= 4 is 56.8 Å². The topological polar surface area (TPSA) is 88.1 Å². The van der Waals surface area contributed by atoms with Gasteiger partial charge in [0, 0.05) is 6.07 Å². The third kappa shape index (κ3) is 4.25. The minimum absolute atomic E-state index is 0.0183. The second-order valence-corrected chi connectivity index (χ2v) is 7.18. The molecule has 150 valence electrons. The van der Waals surface area contributed by atoms with E-state index in [4.69, 9.17) is 21.7 Å². The number of aromatic hydroxyl groups is 1. The normalized spacial score (nSPS) is 15.5. The number of nitrogens with zero attached hydrogens (tertiary/aromatic N) is 1. The van der Waals surface area contributed by atoms with Crippen molar-refractivity contribution in [3.05, 3.63) is 52.0 Å². The van der Waals surface area contributed by atoms with E-state index in [1.165, 1.54) is 24.2 Å². The van der Waals surface area contributed by atoms with Crippen LogP contribution in [0.1, 0.15) is 12.5 Å². The largest absolute Gasteiger partial charge is 0.503 e. The molecule has 1 saturated heterocycles. The molecule has 1 aliphatic rings. The Bertz CT molecular complexity index is 1040. The Labute approximate surface area is 181 Å². The fraction of sp³-hybridized carbons (Fsp3) is 0.150. The smallest absolute Gasteiger partial charge is 0.270 e. The molecule has 0 spiro atoms. The summed E-state index contributed by atoms with van der Waals surface area (Å²) in [5, 5.41) is 12.5. The molecule has 1 aliphatic heterocycles. The van der Waals surface area contributed by atoms with Crippen molar-refractivity contribution in [1.29, 1.82) is 0 Å². The average molecular weight is 477 g/mol. The zero-order chi connectivity index (χ0) is 21.1. The number of nitrogens with one attached hydrogen (secondary N) is 1. The molecule has 9 heteroatoms. The molecule has 0 aliphatic carbocycles. The van der Waals surface area contributed by atoms with E-state index < -0.39 is 11.8 Å². The number of phenolic OH excluding ortho intramolecular Hbond substituents is 1. The van der Waals surface area contributed by atoms with Crippen molar-refractivity contribution in [2.24, 2.45) is 0 Å². The highest BCUT2D eigenvalue weighted by Crippen LogP contribution is 2.36. The lowest BCUT2D eigenvalue weighted by Crippen LogP contribution is -2.54. The fourth-order valence-electron chi connectivity index (χ4n) is 2.77. The second-order valence-electron chi connectivity index (χ2n) is 5.94. The number of carbonyl (C=O) groups excluding carboxylic acids is 2. The highest BCUT2D eigenvalue weighted by molar-refractivity contribution is 9.10. The van der Waals surface area contributed by atoms with Gasteiger partial charge in [0.05, 0.1) is 23.9 Å². The van der Waals surface area contributed by atoms with Crippen LogP contribution in [0.15, 0.2) is 46.4 Å². The minimum Gasteiger partial charge on any atom is -0.503 e. The summed E-state index contributed by atoms with van der Waals surface area (Å²) in [7, 11) is 1.41. The summed E-state index contributed by atoms with van der Waals surface area (Å²) in [6.07, 6.45) is 1.41. The van der Waals surface area contributed by atoms with Crippen molar-refractivity contribution < 1.29 is 24.2 Å². The van der Waals surface area contributed by atoms with Crippen LogP contribution in [-0.2, 0) is 9.59 Å². The molecule has 0 unspecified atom stereocenters. The molecule has 0 radical (unpaired) electrons. The van der Waals surface area contributed by atoms with E-state index in [1.807, 2.05) is 6.92 Å². The number of anilines is 1. The quantitative estimate of drug-likeness (QED) is 0.390. The van der Waals surface area contributed by atoms with Crippen molar-refractivity contribution in [2.45, 2.75) is 6.92 Å². The molecule has 0 saturated carbocycles. The maximum absolute atomic E-state index is 13.1. The maximum Gasteiger partial charge on any atom is 0.270 e. The Morgan fingerprint density at radius 2 is 2.03 bits per heavy atom. The standard InChI is InChI=1S/C20H17BrN2O5S/c1-3-28-13-6-4-5-12(10-13)23-19(26)14(18(25)22-20(23)29)7-11-8-15(21)17(24)16(9-11)27-2/h4-10,24H,3H2,1-2H3,(H,22,25,29)/b14-7+. The molecule has 1 fully saturated rings. The molecule has 29 heavy (non-hydrogen) atoms. The van der Waals surface area contributed by atoms with Crippen LogP contribution in [-0.4, -0.2) is 35.8 Å². The van der Waals surface area contributed by atoms with Crippen molar-refractivity contribution in [1.82, 2.24) is 5.32 Å². The monoisotopic (exact) mass is 476 g/mol. The number of hydrogen-bond donors (Lipinski definition) is 2. The molecule has 2 aromatic carbocycles. The predicted octanol–water partition coefficient (Wildman–Crippen LogP) is 3.39. The molecule has 7 nitrogen and oxygen atoms in total. The lowest BCUT2D eigenvalue weighted by Gasteiger charge is -2.29. The van der Waals surface area contributed by atoms with E-state index in [-0.39, 0.29) is 22.2 Å². The Hall–Kier alpha value is -2.91. The van der Waals surface area contributed by atoms with E-state index in [0.717, 1.165) is 0 Å². The zero-order valence-corrected chi connectivity index (χ0v) is 18.0. The van der Waals surface area contributed by atoms with Gasteiger partial charge in [0.25, 0.3) is 11.8 Å². The number of hydrogen-bond acceptors (Lipinski definition) is 6. The molecule has 0 atom stereocenters. The highest BCUT2D eigenvalue weighted by Gasteiger charge is 2.34. The van der Waals surface area contributed by atoms with Crippen LogP contribution in [0.3, 0.4) is 0 Å². The molecule has 1 heterocycles. The highest BCUT2D eigenvalue weighted by atomic mass is 79.9. The number of thiocarbonyl (C=S) groups is 1.